The fourth-order valence-electron chi connectivity index (χ4n) is 3.22. The van der Waals surface area contributed by atoms with Gasteiger partial charge >= 0.3 is 12.1 Å². The molecule has 7 heteroatoms. The molecule has 0 aliphatic rings. The van der Waals surface area contributed by atoms with Crippen LogP contribution >= 0.6 is 0 Å². The highest BCUT2D eigenvalue weighted by Gasteiger charge is 2.30. The van der Waals surface area contributed by atoms with Gasteiger partial charge in [-0.25, -0.2) is 4.79 Å². The van der Waals surface area contributed by atoms with Crippen molar-refractivity contribution in [1.82, 2.24) is 4.57 Å². The Labute approximate surface area is 163 Å². The summed E-state index contributed by atoms with van der Waals surface area (Å²) in [4.78, 5) is 13.0. The van der Waals surface area contributed by atoms with Crippen LogP contribution in [0.25, 0.3) is 0 Å². The largest absolute Gasteiger partial charge is 0.462 e. The standard InChI is InChI=1S/C21H27F3N2O2/c1-4-28-20(27)15-25(12-16(2)3)14-19-6-5-11-26(19)13-17-7-9-18(10-8-17)21(22,23)24/h5-11,16H,4,12-15H2,1-3H3/p+1. The number of hydrogen-bond donors (Lipinski definition) is 1. The highest BCUT2D eigenvalue weighted by Crippen LogP contribution is 2.29. The van der Waals surface area contributed by atoms with Crippen LogP contribution in [0.2, 0.25) is 0 Å². The number of alkyl halides is 3. The Balaban J connectivity index is 2.09. The number of ether oxygens (including phenoxy) is 1. The molecular formula is C21H28F3N2O2+. The average Bonchev–Trinajstić information content (AvgIpc) is 3.01. The van der Waals surface area contributed by atoms with Gasteiger partial charge in [-0.2, -0.15) is 13.2 Å². The molecule has 0 amide bonds. The molecule has 1 heterocycles. The summed E-state index contributed by atoms with van der Waals surface area (Å²) in [6.07, 6.45) is -2.42. The van der Waals surface area contributed by atoms with Gasteiger partial charge in [-0.05, 0) is 36.8 Å². The van der Waals surface area contributed by atoms with E-state index in [0.717, 1.165) is 34.8 Å². The molecule has 2 rings (SSSR count). The molecule has 0 bridgehead atoms. The molecule has 0 saturated carbocycles. The van der Waals surface area contributed by atoms with Crippen molar-refractivity contribution in [3.05, 3.63) is 59.4 Å². The van der Waals surface area contributed by atoms with E-state index in [0.29, 0.717) is 25.6 Å². The molecule has 1 N–H and O–H groups in total. The Hall–Kier alpha value is -2.28. The number of esters is 1. The highest BCUT2D eigenvalue weighted by atomic mass is 19.4. The molecule has 28 heavy (non-hydrogen) atoms. The predicted octanol–water partition coefficient (Wildman–Crippen LogP) is 3.16. The lowest BCUT2D eigenvalue weighted by molar-refractivity contribution is -0.910. The minimum absolute atomic E-state index is 0.223. The third-order valence-corrected chi connectivity index (χ3v) is 4.39. The van der Waals surface area contributed by atoms with Crippen LogP contribution in [0.5, 0.6) is 0 Å². The zero-order valence-electron chi connectivity index (χ0n) is 16.6. The van der Waals surface area contributed by atoms with Crippen LogP contribution in [0.15, 0.2) is 42.6 Å². The molecule has 0 aliphatic heterocycles. The molecule has 1 atom stereocenters. The minimum atomic E-state index is -4.33. The molecule has 0 aliphatic carbocycles. The van der Waals surface area contributed by atoms with Gasteiger partial charge in [0, 0.05) is 18.7 Å². The van der Waals surface area contributed by atoms with E-state index >= 15 is 0 Å². The minimum Gasteiger partial charge on any atom is -0.462 e. The number of nitrogens with zero attached hydrogens (tertiary/aromatic N) is 1. The van der Waals surface area contributed by atoms with E-state index in [1.165, 1.54) is 12.1 Å². The first kappa shape index (κ1) is 22.0. The maximum atomic E-state index is 12.7. The predicted molar refractivity (Wildman–Crippen MR) is 101 cm³/mol. The van der Waals surface area contributed by atoms with Crippen LogP contribution in [-0.2, 0) is 28.8 Å². The van der Waals surface area contributed by atoms with Crippen molar-refractivity contribution in [2.75, 3.05) is 19.7 Å². The zero-order chi connectivity index (χ0) is 20.7. The second-order valence-electron chi connectivity index (χ2n) is 7.33. The van der Waals surface area contributed by atoms with Gasteiger partial charge in [-0.3, -0.25) is 0 Å². The van der Waals surface area contributed by atoms with Gasteiger partial charge in [-0.1, -0.05) is 26.0 Å². The SMILES string of the molecule is CCOC(=O)C[NH+](Cc1cccn1Cc1ccc(C(F)(F)F)cc1)CC(C)C. The van der Waals surface area contributed by atoms with Crippen molar-refractivity contribution >= 4 is 5.97 Å². The summed E-state index contributed by atoms with van der Waals surface area (Å²) >= 11 is 0. The third-order valence-electron chi connectivity index (χ3n) is 4.39. The summed E-state index contributed by atoms with van der Waals surface area (Å²) in [5.74, 6) is 0.196. The molecule has 0 saturated heterocycles. The first-order valence-electron chi connectivity index (χ1n) is 9.48. The molecule has 1 aromatic carbocycles. The molecule has 0 fully saturated rings. The van der Waals surface area contributed by atoms with Crippen molar-refractivity contribution in [2.24, 2.45) is 5.92 Å². The van der Waals surface area contributed by atoms with Crippen molar-refractivity contribution in [1.29, 1.82) is 0 Å². The second kappa shape index (κ2) is 9.78. The number of rotatable bonds is 9. The summed E-state index contributed by atoms with van der Waals surface area (Å²) in [6.45, 7) is 8.59. The number of aromatic nitrogens is 1. The first-order chi connectivity index (χ1) is 13.2. The Morgan fingerprint density at radius 2 is 1.86 bits per heavy atom. The van der Waals surface area contributed by atoms with Crippen molar-refractivity contribution in [3.8, 4) is 0 Å². The summed E-state index contributed by atoms with van der Waals surface area (Å²) in [5, 5.41) is 0. The van der Waals surface area contributed by atoms with E-state index in [1.807, 2.05) is 22.9 Å². The fraction of sp³-hybridized carbons (Fsp3) is 0.476. The van der Waals surface area contributed by atoms with Crippen LogP contribution < -0.4 is 4.90 Å². The van der Waals surface area contributed by atoms with Crippen LogP contribution in [0, 0.1) is 5.92 Å². The highest BCUT2D eigenvalue weighted by molar-refractivity contribution is 5.70. The van der Waals surface area contributed by atoms with Gasteiger partial charge in [0.25, 0.3) is 0 Å². The summed E-state index contributed by atoms with van der Waals surface area (Å²) < 4.78 is 45.3. The van der Waals surface area contributed by atoms with Crippen LogP contribution in [0.1, 0.15) is 37.6 Å². The molecule has 2 aromatic rings. The van der Waals surface area contributed by atoms with Crippen molar-refractivity contribution < 1.29 is 27.6 Å². The molecular weight excluding hydrogens is 369 g/mol. The van der Waals surface area contributed by atoms with Gasteiger partial charge in [0.1, 0.15) is 6.54 Å². The first-order valence-corrected chi connectivity index (χ1v) is 9.48. The Morgan fingerprint density at radius 3 is 2.43 bits per heavy atom. The smallest absolute Gasteiger partial charge is 0.416 e. The Bertz CT molecular complexity index is 752. The number of hydrogen-bond acceptors (Lipinski definition) is 2. The number of nitrogens with one attached hydrogen (secondary N) is 1. The number of halogens is 3. The number of benzene rings is 1. The fourth-order valence-corrected chi connectivity index (χ4v) is 3.22. The summed E-state index contributed by atoms with van der Waals surface area (Å²) in [6, 6.07) is 9.12. The normalized spacial score (nSPS) is 13.0. The third kappa shape index (κ3) is 6.71. The molecule has 1 unspecified atom stereocenters. The van der Waals surface area contributed by atoms with Gasteiger partial charge in [0.05, 0.1) is 24.4 Å². The monoisotopic (exact) mass is 397 g/mol. The number of quaternary nitrogens is 1. The number of carbonyl (C=O) groups is 1. The van der Waals surface area contributed by atoms with Crippen LogP contribution in [0.4, 0.5) is 13.2 Å². The topological polar surface area (TPSA) is 35.7 Å². The molecule has 0 radical (unpaired) electrons. The van der Waals surface area contributed by atoms with Crippen molar-refractivity contribution in [3.63, 3.8) is 0 Å². The quantitative estimate of drug-likeness (QED) is 0.660. The van der Waals surface area contributed by atoms with E-state index in [-0.39, 0.29) is 12.5 Å². The van der Waals surface area contributed by atoms with E-state index in [1.54, 1.807) is 6.92 Å². The Morgan fingerprint density at radius 1 is 1.18 bits per heavy atom. The maximum absolute atomic E-state index is 12.7. The molecule has 0 spiro atoms. The van der Waals surface area contributed by atoms with Gasteiger partial charge in [-0.15, -0.1) is 0 Å². The average molecular weight is 397 g/mol. The zero-order valence-corrected chi connectivity index (χ0v) is 16.6. The molecule has 1 aromatic heterocycles. The Kier molecular flexibility index (Phi) is 7.69. The number of carbonyl (C=O) groups excluding carboxylic acids is 1. The lowest BCUT2D eigenvalue weighted by Gasteiger charge is -2.21. The van der Waals surface area contributed by atoms with Crippen LogP contribution in [0.3, 0.4) is 0 Å². The second-order valence-corrected chi connectivity index (χ2v) is 7.33. The van der Waals surface area contributed by atoms with E-state index in [9.17, 15) is 18.0 Å². The molecule has 154 valence electrons. The van der Waals surface area contributed by atoms with E-state index in [2.05, 4.69) is 13.8 Å². The van der Waals surface area contributed by atoms with Gasteiger partial charge in [0.2, 0.25) is 0 Å². The van der Waals surface area contributed by atoms with Crippen LogP contribution in [-0.4, -0.2) is 30.2 Å². The molecule has 4 nitrogen and oxygen atoms in total. The van der Waals surface area contributed by atoms with E-state index < -0.39 is 11.7 Å². The maximum Gasteiger partial charge on any atom is 0.416 e. The lowest BCUT2D eigenvalue weighted by Crippen LogP contribution is -3.12. The van der Waals surface area contributed by atoms with Crippen molar-refractivity contribution in [2.45, 2.75) is 40.0 Å². The summed E-state index contributed by atoms with van der Waals surface area (Å²) in [5.41, 5.74) is 1.17. The van der Waals surface area contributed by atoms with Gasteiger partial charge in [0.15, 0.2) is 6.54 Å². The van der Waals surface area contributed by atoms with Gasteiger partial charge < -0.3 is 14.2 Å². The lowest BCUT2D eigenvalue weighted by atomic mass is 10.1. The summed E-state index contributed by atoms with van der Waals surface area (Å²) in [7, 11) is 0. The van der Waals surface area contributed by atoms with E-state index in [4.69, 9.17) is 4.74 Å².